The Morgan fingerprint density at radius 2 is 1.66 bits per heavy atom. The Labute approximate surface area is 193 Å². The Morgan fingerprint density at radius 3 is 2.25 bits per heavy atom. The summed E-state index contributed by atoms with van der Waals surface area (Å²) in [5, 5.41) is 38.6. The topological polar surface area (TPSA) is 120 Å². The van der Waals surface area contributed by atoms with E-state index in [9.17, 15) is 19.8 Å². The maximum atomic E-state index is 11.2. The molecule has 0 bridgehead atoms. The van der Waals surface area contributed by atoms with Gasteiger partial charge in [0, 0.05) is 22.8 Å². The molecular weight excluding hydrogens is 434 g/mol. The van der Waals surface area contributed by atoms with Crippen LogP contribution in [-0.2, 0) is 16.0 Å². The largest absolute Gasteiger partial charge is 0.481 e. The van der Waals surface area contributed by atoms with Gasteiger partial charge in [-0.1, -0.05) is 36.9 Å². The molecule has 0 aliphatic rings. The van der Waals surface area contributed by atoms with Crippen LogP contribution in [0.25, 0.3) is 5.69 Å². The molecule has 0 saturated heterocycles. The summed E-state index contributed by atoms with van der Waals surface area (Å²) in [6.07, 6.45) is 2.05. The molecule has 7 nitrogen and oxygen atoms in total. The molecule has 0 spiro atoms. The van der Waals surface area contributed by atoms with E-state index < -0.39 is 36.5 Å². The van der Waals surface area contributed by atoms with Gasteiger partial charge < -0.3 is 25.0 Å². The predicted molar refractivity (Wildman–Crippen MR) is 123 cm³/mol. The molecule has 0 unspecified atom stereocenters. The smallest absolute Gasteiger partial charge is 0.336 e. The van der Waals surface area contributed by atoms with Crippen molar-refractivity contribution in [3.05, 3.63) is 52.3 Å². The highest BCUT2D eigenvalue weighted by Gasteiger charge is 2.40. The average Bonchev–Trinajstić information content (AvgIpc) is 3.02. The van der Waals surface area contributed by atoms with Gasteiger partial charge in [0.2, 0.25) is 0 Å². The SMILES string of the molecule is Cc1ccc(C)n1-c1cc(Cl)ccc1CCCCCC[C@H](O)C[C@@](O)(CC(=O)O)C(=O)O. The fourth-order valence-corrected chi connectivity index (χ4v) is 4.20. The van der Waals surface area contributed by atoms with Crippen molar-refractivity contribution in [3.8, 4) is 5.69 Å². The van der Waals surface area contributed by atoms with Crippen molar-refractivity contribution in [2.24, 2.45) is 0 Å². The van der Waals surface area contributed by atoms with Crippen LogP contribution in [0, 0.1) is 13.8 Å². The van der Waals surface area contributed by atoms with Gasteiger partial charge in [-0.15, -0.1) is 0 Å². The molecule has 2 aromatic rings. The van der Waals surface area contributed by atoms with E-state index >= 15 is 0 Å². The van der Waals surface area contributed by atoms with Crippen molar-refractivity contribution < 1.29 is 30.0 Å². The number of nitrogens with zero attached hydrogens (tertiary/aromatic N) is 1. The Balaban J connectivity index is 1.83. The number of unbranched alkanes of at least 4 members (excludes halogenated alkanes) is 3. The van der Waals surface area contributed by atoms with Gasteiger partial charge in [-0.2, -0.15) is 0 Å². The fourth-order valence-electron chi connectivity index (χ4n) is 4.03. The summed E-state index contributed by atoms with van der Waals surface area (Å²) in [5.41, 5.74) is 2.12. The first kappa shape index (κ1) is 25.9. The van der Waals surface area contributed by atoms with Crippen LogP contribution in [0.15, 0.2) is 30.3 Å². The van der Waals surface area contributed by atoms with E-state index in [2.05, 4.69) is 36.6 Å². The predicted octanol–water partition coefficient (Wildman–Crippen LogP) is 4.28. The highest BCUT2D eigenvalue weighted by atomic mass is 35.5. The summed E-state index contributed by atoms with van der Waals surface area (Å²) in [7, 11) is 0. The molecule has 32 heavy (non-hydrogen) atoms. The molecule has 4 N–H and O–H groups in total. The lowest BCUT2D eigenvalue weighted by molar-refractivity contribution is -0.168. The second-order valence-electron chi connectivity index (χ2n) is 8.44. The normalized spacial score (nSPS) is 14.2. The number of aliphatic hydroxyl groups is 2. The molecule has 0 fully saturated rings. The third-order valence-electron chi connectivity index (χ3n) is 5.71. The summed E-state index contributed by atoms with van der Waals surface area (Å²) >= 11 is 6.24. The Bertz CT molecular complexity index is 921. The summed E-state index contributed by atoms with van der Waals surface area (Å²) < 4.78 is 2.19. The second-order valence-corrected chi connectivity index (χ2v) is 8.88. The Kier molecular flexibility index (Phi) is 9.31. The number of rotatable bonds is 13. The van der Waals surface area contributed by atoms with E-state index in [1.54, 1.807) is 0 Å². The van der Waals surface area contributed by atoms with Crippen LogP contribution in [0.4, 0.5) is 0 Å². The van der Waals surface area contributed by atoms with Crippen LogP contribution in [0.1, 0.15) is 61.9 Å². The lowest BCUT2D eigenvalue weighted by Gasteiger charge is -2.24. The van der Waals surface area contributed by atoms with Crippen molar-refractivity contribution in [2.45, 2.75) is 76.9 Å². The first-order valence-corrected chi connectivity index (χ1v) is 11.2. The quantitative estimate of drug-likeness (QED) is 0.328. The number of halogens is 1. The first-order valence-electron chi connectivity index (χ1n) is 10.8. The van der Waals surface area contributed by atoms with Gasteiger partial charge in [0.15, 0.2) is 5.60 Å². The zero-order chi connectivity index (χ0) is 23.9. The number of aliphatic hydroxyl groups excluding tert-OH is 1. The van der Waals surface area contributed by atoms with Crippen LogP contribution in [0.5, 0.6) is 0 Å². The van der Waals surface area contributed by atoms with Crippen LogP contribution >= 0.6 is 11.6 Å². The molecule has 0 saturated carbocycles. The minimum atomic E-state index is -2.45. The molecule has 1 aromatic heterocycles. The molecule has 8 heteroatoms. The number of carbonyl (C=O) groups is 2. The molecule has 1 heterocycles. The molecule has 0 aliphatic carbocycles. The van der Waals surface area contributed by atoms with Gasteiger partial charge in [-0.05, 0) is 62.9 Å². The molecule has 0 aliphatic heterocycles. The average molecular weight is 466 g/mol. The Morgan fingerprint density at radius 1 is 1.03 bits per heavy atom. The van der Waals surface area contributed by atoms with Crippen LogP contribution in [0.2, 0.25) is 5.02 Å². The molecule has 0 amide bonds. The fraction of sp³-hybridized carbons (Fsp3) is 0.500. The zero-order valence-electron chi connectivity index (χ0n) is 18.6. The number of hydrogen-bond acceptors (Lipinski definition) is 4. The summed E-state index contributed by atoms with van der Waals surface area (Å²) in [5.74, 6) is -3.06. The van der Waals surface area contributed by atoms with Crippen LogP contribution in [0.3, 0.4) is 0 Å². The van der Waals surface area contributed by atoms with Gasteiger partial charge in [-0.3, -0.25) is 4.79 Å². The van der Waals surface area contributed by atoms with Crippen molar-refractivity contribution >= 4 is 23.5 Å². The van der Waals surface area contributed by atoms with Crippen molar-refractivity contribution in [3.63, 3.8) is 0 Å². The maximum Gasteiger partial charge on any atom is 0.336 e. The Hall–Kier alpha value is -2.35. The number of carboxylic acids is 2. The number of benzene rings is 1. The van der Waals surface area contributed by atoms with Gasteiger partial charge >= 0.3 is 11.9 Å². The molecule has 1 aromatic carbocycles. The van der Waals surface area contributed by atoms with Gasteiger partial charge in [-0.25, -0.2) is 4.79 Å². The molecule has 0 radical (unpaired) electrons. The monoisotopic (exact) mass is 465 g/mol. The minimum absolute atomic E-state index is 0.309. The van der Waals surface area contributed by atoms with E-state index in [-0.39, 0.29) is 0 Å². The first-order chi connectivity index (χ1) is 15.0. The number of carboxylic acid groups (broad SMARTS) is 2. The summed E-state index contributed by atoms with van der Waals surface area (Å²) in [6, 6.07) is 10.1. The lowest BCUT2D eigenvalue weighted by Crippen LogP contribution is -2.43. The summed E-state index contributed by atoms with van der Waals surface area (Å²) in [6.45, 7) is 4.12. The molecule has 176 valence electrons. The highest BCUT2D eigenvalue weighted by Crippen LogP contribution is 2.26. The van der Waals surface area contributed by atoms with Gasteiger partial charge in [0.25, 0.3) is 0 Å². The molecule has 2 atom stereocenters. The molecular formula is C24H32ClNO6. The number of aryl methyl sites for hydroxylation is 3. The zero-order valence-corrected chi connectivity index (χ0v) is 19.3. The lowest BCUT2D eigenvalue weighted by atomic mass is 9.90. The summed E-state index contributed by atoms with van der Waals surface area (Å²) in [4.78, 5) is 22.0. The molecule has 2 rings (SSSR count). The van der Waals surface area contributed by atoms with Crippen LogP contribution < -0.4 is 0 Å². The number of aliphatic carboxylic acids is 2. The third-order valence-corrected chi connectivity index (χ3v) is 5.94. The van der Waals surface area contributed by atoms with Crippen molar-refractivity contribution in [2.75, 3.05) is 0 Å². The number of hydrogen-bond donors (Lipinski definition) is 4. The van der Waals surface area contributed by atoms with Gasteiger partial charge in [0.1, 0.15) is 0 Å². The standard InChI is InChI=1S/C24H32ClNO6/c1-16-9-10-17(2)26(16)21-13-19(25)12-11-18(21)7-5-3-4-6-8-20(27)14-24(32,23(30)31)15-22(28)29/h9-13,20,27,32H,3-8,14-15H2,1-2H3,(H,28,29)(H,30,31)/t20-,24+/m0/s1. The minimum Gasteiger partial charge on any atom is -0.481 e. The second kappa shape index (κ2) is 11.5. The highest BCUT2D eigenvalue weighted by molar-refractivity contribution is 6.30. The third kappa shape index (κ3) is 7.08. The van der Waals surface area contributed by atoms with Crippen LogP contribution in [-0.4, -0.2) is 48.6 Å². The van der Waals surface area contributed by atoms with Gasteiger partial charge in [0.05, 0.1) is 18.2 Å². The van der Waals surface area contributed by atoms with Crippen molar-refractivity contribution in [1.82, 2.24) is 4.57 Å². The van der Waals surface area contributed by atoms with E-state index in [1.807, 2.05) is 12.1 Å². The maximum absolute atomic E-state index is 11.2. The van der Waals surface area contributed by atoms with Crippen molar-refractivity contribution in [1.29, 1.82) is 0 Å². The van der Waals surface area contributed by atoms with E-state index in [0.717, 1.165) is 42.8 Å². The van der Waals surface area contributed by atoms with E-state index in [1.165, 1.54) is 5.56 Å². The van der Waals surface area contributed by atoms with E-state index in [4.69, 9.17) is 21.8 Å². The van der Waals surface area contributed by atoms with E-state index in [0.29, 0.717) is 17.9 Å². The number of aromatic nitrogens is 1.